The highest BCUT2D eigenvalue weighted by Gasteiger charge is 2.22. The van der Waals surface area contributed by atoms with Crippen LogP contribution in [-0.4, -0.2) is 49.6 Å². The molecule has 1 aromatic carbocycles. The van der Waals surface area contributed by atoms with Crippen molar-refractivity contribution in [1.82, 2.24) is 20.5 Å². The predicted molar refractivity (Wildman–Crippen MR) is 120 cm³/mol. The number of hydrogen-bond acceptors (Lipinski definition) is 3. The van der Waals surface area contributed by atoms with Gasteiger partial charge in [0.05, 0.1) is 12.6 Å². The van der Waals surface area contributed by atoms with Crippen LogP contribution in [0.2, 0.25) is 0 Å². The summed E-state index contributed by atoms with van der Waals surface area (Å²) in [5.74, 6) is -0.508. The molecule has 0 aliphatic carbocycles. The monoisotopic (exact) mass is 503 g/mol. The molecule has 154 valence electrons. The third kappa shape index (κ3) is 7.31. The molecule has 0 spiro atoms. The second-order valence-electron chi connectivity index (χ2n) is 6.33. The van der Waals surface area contributed by atoms with Crippen LogP contribution in [0.3, 0.4) is 0 Å². The average molecular weight is 503 g/mol. The summed E-state index contributed by atoms with van der Waals surface area (Å²) in [7, 11) is 3.57. The molecule has 0 radical (unpaired) electrons. The standard InChI is InChI=1S/C20H27F2N5.HI/c1-4-23-20(25-13-11-15-8-5-6-12-24-15)26-14-18(27(2)3)19-16(21)9-7-10-17(19)22;/h5-10,12,18H,4,11,13-14H2,1-3H3,(H2,23,25,26);1H. The molecule has 1 aromatic heterocycles. The first-order valence-corrected chi connectivity index (χ1v) is 9.05. The molecular weight excluding hydrogens is 475 g/mol. The number of guanidine groups is 1. The Morgan fingerprint density at radius 3 is 2.39 bits per heavy atom. The number of halogens is 3. The maximum absolute atomic E-state index is 14.2. The fourth-order valence-corrected chi connectivity index (χ4v) is 2.72. The van der Waals surface area contributed by atoms with Crippen molar-refractivity contribution in [2.45, 2.75) is 19.4 Å². The molecule has 0 aliphatic heterocycles. The first-order valence-electron chi connectivity index (χ1n) is 9.05. The highest BCUT2D eigenvalue weighted by atomic mass is 127. The van der Waals surface area contributed by atoms with Gasteiger partial charge in [0.25, 0.3) is 0 Å². The van der Waals surface area contributed by atoms with Crippen molar-refractivity contribution in [3.63, 3.8) is 0 Å². The number of likely N-dealkylation sites (N-methyl/N-ethyl adjacent to an activating group) is 1. The van der Waals surface area contributed by atoms with Crippen LogP contribution in [0.5, 0.6) is 0 Å². The molecule has 1 heterocycles. The van der Waals surface area contributed by atoms with Crippen molar-refractivity contribution in [2.75, 3.05) is 33.7 Å². The quantitative estimate of drug-likeness (QED) is 0.330. The molecule has 2 rings (SSSR count). The second kappa shape index (κ2) is 12.6. The zero-order chi connectivity index (χ0) is 19.6. The second-order valence-corrected chi connectivity index (χ2v) is 6.33. The minimum absolute atomic E-state index is 0. The summed E-state index contributed by atoms with van der Waals surface area (Å²) < 4.78 is 28.3. The highest BCUT2D eigenvalue weighted by Crippen LogP contribution is 2.24. The van der Waals surface area contributed by atoms with Gasteiger partial charge >= 0.3 is 0 Å². The van der Waals surface area contributed by atoms with Crippen molar-refractivity contribution in [1.29, 1.82) is 0 Å². The van der Waals surface area contributed by atoms with E-state index >= 15 is 0 Å². The van der Waals surface area contributed by atoms with Crippen LogP contribution in [0, 0.1) is 11.6 Å². The van der Waals surface area contributed by atoms with E-state index in [1.807, 2.05) is 25.1 Å². The molecule has 2 N–H and O–H groups in total. The van der Waals surface area contributed by atoms with Gasteiger partial charge in [-0.1, -0.05) is 12.1 Å². The highest BCUT2D eigenvalue weighted by molar-refractivity contribution is 14.0. The molecule has 2 aromatic rings. The molecule has 1 atom stereocenters. The van der Waals surface area contributed by atoms with Gasteiger partial charge in [0, 0.05) is 37.0 Å². The largest absolute Gasteiger partial charge is 0.357 e. The van der Waals surface area contributed by atoms with Crippen molar-refractivity contribution in [2.24, 2.45) is 4.99 Å². The summed E-state index contributed by atoms with van der Waals surface area (Å²) in [6, 6.07) is 9.21. The number of aromatic nitrogens is 1. The molecule has 0 amide bonds. The third-order valence-corrected chi connectivity index (χ3v) is 4.12. The lowest BCUT2D eigenvalue weighted by Gasteiger charge is -2.24. The fourth-order valence-electron chi connectivity index (χ4n) is 2.72. The maximum atomic E-state index is 14.2. The Balaban J connectivity index is 0.00000392. The summed E-state index contributed by atoms with van der Waals surface area (Å²) in [6.45, 7) is 3.54. The van der Waals surface area contributed by atoms with Crippen LogP contribution >= 0.6 is 24.0 Å². The molecular formula is C20H28F2IN5. The van der Waals surface area contributed by atoms with Crippen molar-refractivity contribution in [3.05, 3.63) is 65.5 Å². The van der Waals surface area contributed by atoms with Gasteiger partial charge in [-0.15, -0.1) is 24.0 Å². The lowest BCUT2D eigenvalue weighted by Crippen LogP contribution is -2.39. The van der Waals surface area contributed by atoms with E-state index in [2.05, 4.69) is 20.6 Å². The molecule has 8 heteroatoms. The van der Waals surface area contributed by atoms with E-state index in [9.17, 15) is 8.78 Å². The SMILES string of the molecule is CCNC(=NCC(c1c(F)cccc1F)N(C)C)NCCc1ccccn1.I. The average Bonchev–Trinajstić information content (AvgIpc) is 2.64. The number of hydrogen-bond donors (Lipinski definition) is 2. The number of aliphatic imine (C=N–C) groups is 1. The van der Waals surface area contributed by atoms with E-state index in [1.165, 1.54) is 18.2 Å². The first kappa shape index (κ1) is 24.2. The molecule has 1 unspecified atom stereocenters. The Morgan fingerprint density at radius 1 is 1.11 bits per heavy atom. The molecule has 0 saturated carbocycles. The zero-order valence-corrected chi connectivity index (χ0v) is 18.8. The van der Waals surface area contributed by atoms with E-state index < -0.39 is 17.7 Å². The van der Waals surface area contributed by atoms with E-state index in [0.717, 1.165) is 12.1 Å². The summed E-state index contributed by atoms with van der Waals surface area (Å²) in [5, 5.41) is 6.39. The number of nitrogens with zero attached hydrogens (tertiary/aromatic N) is 3. The summed E-state index contributed by atoms with van der Waals surface area (Å²) in [6.07, 6.45) is 2.52. The predicted octanol–water partition coefficient (Wildman–Crippen LogP) is 3.38. The molecule has 0 aliphatic rings. The van der Waals surface area contributed by atoms with Gasteiger partial charge in [0.15, 0.2) is 5.96 Å². The summed E-state index contributed by atoms with van der Waals surface area (Å²) in [4.78, 5) is 10.6. The Labute approximate surface area is 182 Å². The zero-order valence-electron chi connectivity index (χ0n) is 16.5. The smallest absolute Gasteiger partial charge is 0.191 e. The summed E-state index contributed by atoms with van der Waals surface area (Å²) >= 11 is 0. The number of rotatable bonds is 8. The minimum atomic E-state index is -0.558. The van der Waals surface area contributed by atoms with Crippen LogP contribution in [0.4, 0.5) is 8.78 Å². The van der Waals surface area contributed by atoms with E-state index in [4.69, 9.17) is 0 Å². The topological polar surface area (TPSA) is 52.6 Å². The van der Waals surface area contributed by atoms with Crippen LogP contribution in [-0.2, 0) is 6.42 Å². The van der Waals surface area contributed by atoms with E-state index in [0.29, 0.717) is 19.0 Å². The third-order valence-electron chi connectivity index (χ3n) is 4.12. The van der Waals surface area contributed by atoms with Gasteiger partial charge in [0.1, 0.15) is 11.6 Å². The fraction of sp³-hybridized carbons (Fsp3) is 0.400. The van der Waals surface area contributed by atoms with Gasteiger partial charge in [-0.25, -0.2) is 8.78 Å². The van der Waals surface area contributed by atoms with Crippen LogP contribution in [0.15, 0.2) is 47.6 Å². The molecule has 28 heavy (non-hydrogen) atoms. The molecule has 0 saturated heterocycles. The van der Waals surface area contributed by atoms with Gasteiger partial charge in [0.2, 0.25) is 0 Å². The number of benzene rings is 1. The Morgan fingerprint density at radius 2 is 1.82 bits per heavy atom. The lowest BCUT2D eigenvalue weighted by molar-refractivity contribution is 0.290. The van der Waals surface area contributed by atoms with E-state index in [-0.39, 0.29) is 36.1 Å². The van der Waals surface area contributed by atoms with Crippen LogP contribution in [0.1, 0.15) is 24.2 Å². The maximum Gasteiger partial charge on any atom is 0.191 e. The van der Waals surface area contributed by atoms with Gasteiger partial charge in [-0.3, -0.25) is 9.98 Å². The lowest BCUT2D eigenvalue weighted by atomic mass is 10.0. The van der Waals surface area contributed by atoms with Gasteiger partial charge in [-0.2, -0.15) is 0 Å². The van der Waals surface area contributed by atoms with Crippen molar-refractivity contribution >= 4 is 29.9 Å². The van der Waals surface area contributed by atoms with Crippen molar-refractivity contribution < 1.29 is 8.78 Å². The Hall–Kier alpha value is -1.81. The van der Waals surface area contributed by atoms with Crippen LogP contribution in [0.25, 0.3) is 0 Å². The van der Waals surface area contributed by atoms with Crippen LogP contribution < -0.4 is 10.6 Å². The molecule has 5 nitrogen and oxygen atoms in total. The van der Waals surface area contributed by atoms with E-state index in [1.54, 1.807) is 25.2 Å². The summed E-state index contributed by atoms with van der Waals surface area (Å²) in [5.41, 5.74) is 1.02. The Kier molecular flexibility index (Phi) is 10.9. The van der Waals surface area contributed by atoms with Gasteiger partial charge in [-0.05, 0) is 45.3 Å². The minimum Gasteiger partial charge on any atom is -0.357 e. The Bertz CT molecular complexity index is 720. The van der Waals surface area contributed by atoms with Gasteiger partial charge < -0.3 is 15.5 Å². The number of pyridine rings is 1. The number of nitrogens with one attached hydrogen (secondary N) is 2. The normalized spacial score (nSPS) is 12.4. The van der Waals surface area contributed by atoms with Crippen molar-refractivity contribution in [3.8, 4) is 0 Å². The first-order chi connectivity index (χ1) is 13.0. The molecule has 0 fully saturated rings. The molecule has 0 bridgehead atoms.